The second kappa shape index (κ2) is 7.69. The van der Waals surface area contributed by atoms with E-state index in [-0.39, 0.29) is 5.91 Å². The molecule has 1 aromatic heterocycles. The molecule has 0 spiro atoms. The first-order chi connectivity index (χ1) is 12.6. The summed E-state index contributed by atoms with van der Waals surface area (Å²) in [5.41, 5.74) is 1.09. The quantitative estimate of drug-likeness (QED) is 0.866. The number of aryl methyl sites for hydroxylation is 1. The number of carbonyl (C=O) groups is 1. The fourth-order valence-corrected chi connectivity index (χ4v) is 5.55. The smallest absolute Gasteiger partial charge is 0.216 e. The molecule has 6 heteroatoms. The minimum atomic E-state index is 0.0994. The first-order valence-electron chi connectivity index (χ1n) is 10.3. The summed E-state index contributed by atoms with van der Waals surface area (Å²) in [4.78, 5) is 16.9. The molecule has 4 atom stereocenters. The van der Waals surface area contributed by atoms with Gasteiger partial charge in [0.1, 0.15) is 0 Å². The average molecular weight is 360 g/mol. The highest BCUT2D eigenvalue weighted by atomic mass is 16.1. The van der Waals surface area contributed by atoms with E-state index in [1.165, 1.54) is 38.8 Å². The number of likely N-dealkylation sites (tertiary alicyclic amines) is 1. The zero-order valence-electron chi connectivity index (χ0n) is 16.2. The van der Waals surface area contributed by atoms with Crippen LogP contribution in [0.3, 0.4) is 0 Å². The largest absolute Gasteiger partial charge is 0.355 e. The van der Waals surface area contributed by atoms with E-state index in [9.17, 15) is 4.79 Å². The van der Waals surface area contributed by atoms with Gasteiger partial charge in [0.05, 0.1) is 12.2 Å². The zero-order valence-corrected chi connectivity index (χ0v) is 16.2. The van der Waals surface area contributed by atoms with Gasteiger partial charge in [-0.1, -0.05) is 6.42 Å². The Morgan fingerprint density at radius 1 is 1.27 bits per heavy atom. The Hall–Kier alpha value is -1.40. The lowest BCUT2D eigenvalue weighted by Crippen LogP contribution is -2.65. The molecule has 0 radical (unpaired) electrons. The Morgan fingerprint density at radius 3 is 2.88 bits per heavy atom. The number of aromatic nitrogens is 2. The number of amides is 1. The second-order valence-electron chi connectivity index (χ2n) is 8.54. The molecule has 1 amide bonds. The summed E-state index contributed by atoms with van der Waals surface area (Å²) >= 11 is 0. The van der Waals surface area contributed by atoms with Crippen molar-refractivity contribution in [2.75, 3.05) is 32.7 Å². The minimum absolute atomic E-state index is 0.0994. The normalized spacial score (nSPS) is 32.2. The summed E-state index contributed by atoms with van der Waals surface area (Å²) in [5.74, 6) is 1.57. The van der Waals surface area contributed by atoms with Gasteiger partial charge < -0.3 is 10.2 Å². The average Bonchev–Trinajstić information content (AvgIpc) is 3.05. The van der Waals surface area contributed by atoms with Crippen molar-refractivity contribution < 1.29 is 4.79 Å². The van der Waals surface area contributed by atoms with Gasteiger partial charge >= 0.3 is 0 Å². The molecule has 4 heterocycles. The van der Waals surface area contributed by atoms with E-state index in [0.717, 1.165) is 37.8 Å². The Bertz CT molecular complexity index is 629. The number of nitrogens with zero attached hydrogens (tertiary/aromatic N) is 4. The maximum Gasteiger partial charge on any atom is 0.216 e. The van der Waals surface area contributed by atoms with Crippen LogP contribution in [0.4, 0.5) is 0 Å². The van der Waals surface area contributed by atoms with Crippen LogP contribution in [0.5, 0.6) is 0 Å². The highest BCUT2D eigenvalue weighted by molar-refractivity contribution is 5.72. The van der Waals surface area contributed by atoms with E-state index < -0.39 is 0 Å². The number of fused-ring (bicyclic) bond motifs is 4. The van der Waals surface area contributed by atoms with E-state index in [2.05, 4.69) is 37.2 Å². The molecule has 0 aliphatic carbocycles. The third-order valence-electron chi connectivity index (χ3n) is 6.68. The molecular formula is C20H33N5O. The molecular weight excluding hydrogens is 326 g/mol. The first kappa shape index (κ1) is 18.0. The first-order valence-corrected chi connectivity index (χ1v) is 10.3. The van der Waals surface area contributed by atoms with Gasteiger partial charge in [-0.3, -0.25) is 14.4 Å². The molecule has 2 bridgehead atoms. The van der Waals surface area contributed by atoms with Crippen LogP contribution in [-0.4, -0.2) is 70.3 Å². The van der Waals surface area contributed by atoms with Crippen molar-refractivity contribution >= 4 is 5.91 Å². The predicted molar refractivity (Wildman–Crippen MR) is 102 cm³/mol. The number of piperidine rings is 3. The molecule has 0 saturated carbocycles. The van der Waals surface area contributed by atoms with Crippen LogP contribution in [0.15, 0.2) is 12.3 Å². The Balaban J connectivity index is 1.43. The molecule has 1 aromatic rings. The van der Waals surface area contributed by atoms with Crippen molar-refractivity contribution in [3.63, 3.8) is 0 Å². The van der Waals surface area contributed by atoms with Gasteiger partial charge in [-0.25, -0.2) is 0 Å². The van der Waals surface area contributed by atoms with Crippen LogP contribution in [0.25, 0.3) is 0 Å². The topological polar surface area (TPSA) is 53.4 Å². The molecule has 3 fully saturated rings. The molecule has 144 valence electrons. The van der Waals surface area contributed by atoms with Crippen LogP contribution in [0.2, 0.25) is 0 Å². The molecule has 26 heavy (non-hydrogen) atoms. The fraction of sp³-hybridized carbons (Fsp3) is 0.800. The highest BCUT2D eigenvalue weighted by Gasteiger charge is 2.46. The molecule has 4 rings (SSSR count). The summed E-state index contributed by atoms with van der Waals surface area (Å²) in [6, 6.07) is 3.30. The molecule has 3 aliphatic heterocycles. The SMILES string of the molecule is CC(=O)NC[C@H]1[C@H]2C[C@H](CN(CCn3ccc(C)n3)C2)[C@@H]2CCCCN21. The molecule has 1 N–H and O–H groups in total. The Labute approximate surface area is 156 Å². The monoisotopic (exact) mass is 359 g/mol. The van der Waals surface area contributed by atoms with Gasteiger partial charge in [0.15, 0.2) is 0 Å². The van der Waals surface area contributed by atoms with Gasteiger partial charge in [0, 0.05) is 51.4 Å². The number of hydrogen-bond acceptors (Lipinski definition) is 4. The fourth-order valence-electron chi connectivity index (χ4n) is 5.55. The summed E-state index contributed by atoms with van der Waals surface area (Å²) in [6.07, 6.45) is 7.43. The van der Waals surface area contributed by atoms with Crippen molar-refractivity contribution in [3.8, 4) is 0 Å². The van der Waals surface area contributed by atoms with Gasteiger partial charge in [-0.05, 0) is 50.6 Å². The highest BCUT2D eigenvalue weighted by Crippen LogP contribution is 2.40. The summed E-state index contributed by atoms with van der Waals surface area (Å²) in [7, 11) is 0. The second-order valence-corrected chi connectivity index (χ2v) is 8.54. The summed E-state index contributed by atoms with van der Waals surface area (Å²) in [5, 5.41) is 7.64. The molecule has 6 nitrogen and oxygen atoms in total. The van der Waals surface area contributed by atoms with Crippen molar-refractivity contribution in [1.82, 2.24) is 24.9 Å². The minimum Gasteiger partial charge on any atom is -0.355 e. The number of rotatable bonds is 5. The number of hydrogen-bond donors (Lipinski definition) is 1. The van der Waals surface area contributed by atoms with Gasteiger partial charge in [0.25, 0.3) is 0 Å². The van der Waals surface area contributed by atoms with Crippen molar-refractivity contribution in [2.45, 2.75) is 58.2 Å². The van der Waals surface area contributed by atoms with Crippen LogP contribution in [0, 0.1) is 18.8 Å². The lowest BCUT2D eigenvalue weighted by atomic mass is 9.72. The van der Waals surface area contributed by atoms with Gasteiger partial charge in [0.2, 0.25) is 5.91 Å². The summed E-state index contributed by atoms with van der Waals surface area (Å²) < 4.78 is 2.07. The third-order valence-corrected chi connectivity index (χ3v) is 6.68. The lowest BCUT2D eigenvalue weighted by Gasteiger charge is -2.57. The molecule has 0 aromatic carbocycles. The number of carbonyl (C=O) groups excluding carboxylic acids is 1. The number of nitrogens with one attached hydrogen (secondary N) is 1. The zero-order chi connectivity index (χ0) is 18.1. The Kier molecular flexibility index (Phi) is 5.32. The third kappa shape index (κ3) is 3.81. The predicted octanol–water partition coefficient (Wildman–Crippen LogP) is 1.50. The van der Waals surface area contributed by atoms with Gasteiger partial charge in [-0.15, -0.1) is 0 Å². The maximum absolute atomic E-state index is 11.5. The van der Waals surface area contributed by atoms with Crippen LogP contribution >= 0.6 is 0 Å². The van der Waals surface area contributed by atoms with Crippen molar-refractivity contribution in [3.05, 3.63) is 18.0 Å². The molecule has 0 unspecified atom stereocenters. The standard InChI is InChI=1S/C20H33N5O/c1-15-6-8-24(22-15)10-9-23-13-17-11-18(14-23)20(12-21-16(2)26)25-7-4-3-5-19(17)25/h6,8,17-20H,3-5,7,9-14H2,1-2H3,(H,21,26)/t17-,18+,19+,20+/m1/s1. The van der Waals surface area contributed by atoms with Crippen LogP contribution in [-0.2, 0) is 11.3 Å². The van der Waals surface area contributed by atoms with Crippen LogP contribution in [0.1, 0.15) is 38.3 Å². The molecule has 3 saturated heterocycles. The van der Waals surface area contributed by atoms with E-state index in [0.29, 0.717) is 18.0 Å². The van der Waals surface area contributed by atoms with E-state index in [1.54, 1.807) is 6.92 Å². The van der Waals surface area contributed by atoms with Crippen molar-refractivity contribution in [1.29, 1.82) is 0 Å². The Morgan fingerprint density at radius 2 is 2.12 bits per heavy atom. The lowest BCUT2D eigenvalue weighted by molar-refractivity contribution is -0.120. The van der Waals surface area contributed by atoms with Gasteiger partial charge in [-0.2, -0.15) is 5.10 Å². The summed E-state index contributed by atoms with van der Waals surface area (Å²) in [6.45, 7) is 10.1. The maximum atomic E-state index is 11.5. The van der Waals surface area contributed by atoms with E-state index in [1.807, 2.05) is 6.92 Å². The van der Waals surface area contributed by atoms with E-state index in [4.69, 9.17) is 0 Å². The van der Waals surface area contributed by atoms with E-state index >= 15 is 0 Å². The molecule has 3 aliphatic rings. The van der Waals surface area contributed by atoms with Crippen LogP contribution < -0.4 is 5.32 Å². The van der Waals surface area contributed by atoms with Crippen molar-refractivity contribution in [2.24, 2.45) is 11.8 Å².